The van der Waals surface area contributed by atoms with Gasteiger partial charge >= 0.3 is 328 Å². The predicted octanol–water partition coefficient (Wildman–Crippen LogP) is 2.17. The molecule has 0 aliphatic carbocycles. The van der Waals surface area contributed by atoms with E-state index in [-0.39, 0.29) is 0 Å². The first kappa shape index (κ1) is 42.0. The Kier molecular flexibility index (Phi) is 23.1. The zero-order chi connectivity index (χ0) is 33.1. The molecule has 0 bridgehead atoms. The van der Waals surface area contributed by atoms with Crippen LogP contribution in [0.5, 0.6) is 0 Å². The van der Waals surface area contributed by atoms with Crippen LogP contribution in [-0.2, 0) is 26.2 Å². The molecule has 0 N–H and O–H groups in total. The normalized spacial score (nSPS) is 10.5. The van der Waals surface area contributed by atoms with E-state index >= 15 is 0 Å². The van der Waals surface area contributed by atoms with Crippen molar-refractivity contribution < 1.29 is 0 Å². The van der Waals surface area contributed by atoms with E-state index in [2.05, 4.69) is 173 Å². The van der Waals surface area contributed by atoms with Crippen molar-refractivity contribution in [1.82, 2.24) is 19.6 Å². The average Bonchev–Trinajstić information content (AvgIpc) is 2.94. The summed E-state index contributed by atoms with van der Waals surface area (Å²) in [5.74, 6) is 0. The van der Waals surface area contributed by atoms with Gasteiger partial charge in [-0.15, -0.1) is 0 Å². The number of hydrogen-bond donors (Lipinski definition) is 0. The van der Waals surface area contributed by atoms with E-state index in [1.54, 1.807) is 92.1 Å². The summed E-state index contributed by atoms with van der Waals surface area (Å²) in [6.07, 6.45) is 0. The van der Waals surface area contributed by atoms with E-state index < -0.39 is 0 Å². The Morgan fingerprint density at radius 3 is 0.614 bits per heavy atom. The molecule has 0 saturated carbocycles. The van der Waals surface area contributed by atoms with Crippen molar-refractivity contribution in [2.75, 3.05) is 56.4 Å². The van der Waals surface area contributed by atoms with Crippen molar-refractivity contribution in [3.8, 4) is 0 Å². The zero-order valence-corrected chi connectivity index (χ0v) is 37.9. The second-order valence-electron chi connectivity index (χ2n) is 11.5. The first-order chi connectivity index (χ1) is 20.8. The molecule has 4 aromatic carbocycles. The molecule has 4 aromatic rings. The molecule has 232 valence electrons. The van der Waals surface area contributed by atoms with Gasteiger partial charge in [-0.3, -0.25) is 0 Å². The number of benzene rings is 4. The van der Waals surface area contributed by atoms with Crippen LogP contribution in [0.15, 0.2) is 97.1 Å². The molecule has 8 radical (unpaired) electrons. The number of nitrogens with zero attached hydrogens (tertiary/aromatic N) is 4. The van der Waals surface area contributed by atoms with E-state index in [4.69, 9.17) is 0 Å². The molecule has 0 saturated heterocycles. The maximum atomic E-state index is 2.19. The molecule has 0 aromatic heterocycles. The Hall–Kier alpha value is -0.00727. The van der Waals surface area contributed by atoms with Gasteiger partial charge < -0.3 is 0 Å². The van der Waals surface area contributed by atoms with Gasteiger partial charge in [0, 0.05) is 0 Å². The SMILES string of the molecule is CN(C)Cc1cccc[c]1[Sb].CN(C)Cc1cccc[c]1[Sb].CN(C)Cc1cccc[c]1[Sb].CN(C)Cc1cccc[c]1[Sb]. The standard InChI is InChI=1S/4C9H12N.4Sb/c4*1-10(2)8-9-6-4-3-5-7-9;;;;/h4*3-6H,8H2,1-2H3;;;;. The van der Waals surface area contributed by atoms with Gasteiger partial charge in [0.15, 0.2) is 0 Å². The third kappa shape index (κ3) is 19.6. The molecular formula is C36H48N4Sb4. The van der Waals surface area contributed by atoms with Crippen molar-refractivity contribution in [2.45, 2.75) is 26.2 Å². The van der Waals surface area contributed by atoms with E-state index in [0.29, 0.717) is 0 Å². The van der Waals surface area contributed by atoms with Gasteiger partial charge in [0.05, 0.1) is 0 Å². The Bertz CT molecular complexity index is 1140. The number of hydrogen-bond acceptors (Lipinski definition) is 4. The Balaban J connectivity index is 0.000000293. The van der Waals surface area contributed by atoms with Crippen LogP contribution in [0.25, 0.3) is 0 Å². The Labute approximate surface area is 323 Å². The molecule has 0 amide bonds. The number of rotatable bonds is 8. The topological polar surface area (TPSA) is 13.0 Å². The fourth-order valence-electron chi connectivity index (χ4n) is 3.94. The van der Waals surface area contributed by atoms with Gasteiger partial charge in [-0.1, -0.05) is 0 Å². The quantitative estimate of drug-likeness (QED) is 0.252. The summed E-state index contributed by atoms with van der Waals surface area (Å²) in [6.45, 7) is 4.19. The van der Waals surface area contributed by atoms with Crippen LogP contribution < -0.4 is 14.0 Å². The molecule has 0 atom stereocenters. The monoisotopic (exact) mass is 1020 g/mol. The van der Waals surface area contributed by atoms with Gasteiger partial charge in [0.25, 0.3) is 0 Å². The first-order valence-electron chi connectivity index (χ1n) is 14.5. The van der Waals surface area contributed by atoms with Gasteiger partial charge in [-0.25, -0.2) is 0 Å². The van der Waals surface area contributed by atoms with Crippen molar-refractivity contribution in [1.29, 1.82) is 0 Å². The van der Waals surface area contributed by atoms with E-state index in [1.807, 2.05) is 0 Å². The molecule has 4 rings (SSSR count). The third-order valence-electron chi connectivity index (χ3n) is 5.91. The molecule has 0 fully saturated rings. The summed E-state index contributed by atoms with van der Waals surface area (Å²) < 4.78 is 5.70. The molecular weight excluding hydrogens is 975 g/mol. The maximum absolute atomic E-state index is 2.19. The van der Waals surface area contributed by atoms with Gasteiger partial charge in [0.2, 0.25) is 0 Å². The summed E-state index contributed by atoms with van der Waals surface area (Å²) >= 11 is 7.17. The fourth-order valence-corrected chi connectivity index (χ4v) is 6.58. The summed E-state index contributed by atoms with van der Waals surface area (Å²) in [5.41, 5.74) is 5.75. The Morgan fingerprint density at radius 2 is 0.477 bits per heavy atom. The van der Waals surface area contributed by atoms with Crippen LogP contribution in [0.4, 0.5) is 0 Å². The van der Waals surface area contributed by atoms with Crippen molar-refractivity contribution in [3.63, 3.8) is 0 Å². The minimum absolute atomic E-state index is 1.05. The molecule has 44 heavy (non-hydrogen) atoms. The van der Waals surface area contributed by atoms with E-state index in [1.165, 1.54) is 36.3 Å². The second kappa shape index (κ2) is 24.2. The summed E-state index contributed by atoms with van der Waals surface area (Å²) in [5, 5.41) is 0. The summed E-state index contributed by atoms with van der Waals surface area (Å²) in [4.78, 5) is 8.76. The first-order valence-corrected chi connectivity index (χ1v) is 19.6. The second-order valence-corrected chi connectivity index (χ2v) is 17.0. The van der Waals surface area contributed by atoms with Crippen LogP contribution in [0.3, 0.4) is 0 Å². The Morgan fingerprint density at radius 1 is 0.318 bits per heavy atom. The summed E-state index contributed by atoms with van der Waals surface area (Å²) in [6, 6.07) is 34.2. The van der Waals surface area contributed by atoms with Crippen molar-refractivity contribution >= 4 is 106 Å². The van der Waals surface area contributed by atoms with Gasteiger partial charge in [-0.05, 0) is 0 Å². The minimum atomic E-state index is 1.05. The molecule has 0 aliphatic rings. The molecule has 8 heteroatoms. The van der Waals surface area contributed by atoms with Crippen LogP contribution >= 0.6 is 0 Å². The van der Waals surface area contributed by atoms with E-state index in [0.717, 1.165) is 26.2 Å². The van der Waals surface area contributed by atoms with Crippen LogP contribution in [0, 0.1) is 0 Å². The van der Waals surface area contributed by atoms with Crippen LogP contribution in [-0.4, -0.2) is 168 Å². The molecule has 0 spiro atoms. The molecule has 0 unspecified atom stereocenters. The molecule has 0 heterocycles. The van der Waals surface area contributed by atoms with Gasteiger partial charge in [0.1, 0.15) is 0 Å². The average molecular weight is 1020 g/mol. The predicted molar refractivity (Wildman–Crippen MR) is 197 cm³/mol. The van der Waals surface area contributed by atoms with Crippen molar-refractivity contribution in [2.24, 2.45) is 0 Å². The van der Waals surface area contributed by atoms with Crippen molar-refractivity contribution in [3.05, 3.63) is 119 Å². The van der Waals surface area contributed by atoms with Crippen LogP contribution in [0.1, 0.15) is 22.3 Å². The third-order valence-corrected chi connectivity index (χ3v) is 10.9. The zero-order valence-electron chi connectivity index (χ0n) is 27.6. The van der Waals surface area contributed by atoms with Crippen LogP contribution in [0.2, 0.25) is 0 Å². The van der Waals surface area contributed by atoms with E-state index in [9.17, 15) is 0 Å². The molecule has 4 nitrogen and oxygen atoms in total. The summed E-state index contributed by atoms with van der Waals surface area (Å²) in [7, 11) is 16.8. The fraction of sp³-hybridized carbons (Fsp3) is 0.333. The van der Waals surface area contributed by atoms with Gasteiger partial charge in [-0.2, -0.15) is 0 Å². The molecule has 0 aliphatic heterocycles.